The zero-order valence-corrected chi connectivity index (χ0v) is 13.9. The Morgan fingerprint density at radius 2 is 1.96 bits per heavy atom. The number of anilines is 1. The number of amides is 1. The van der Waals surface area contributed by atoms with Crippen molar-refractivity contribution < 1.29 is 9.53 Å². The second-order valence-electron chi connectivity index (χ2n) is 5.41. The van der Waals surface area contributed by atoms with E-state index in [9.17, 15) is 4.79 Å². The number of carbonyl (C=O) groups excluding carboxylic acids is 1. The minimum absolute atomic E-state index is 0. The minimum Gasteiger partial charge on any atom is -0.372 e. The van der Waals surface area contributed by atoms with Crippen LogP contribution in [0.25, 0.3) is 0 Å². The fourth-order valence-electron chi connectivity index (χ4n) is 2.54. The van der Waals surface area contributed by atoms with Crippen LogP contribution in [0.1, 0.15) is 34.0 Å². The zero-order chi connectivity index (χ0) is 15.4. The molecule has 1 heterocycles. The lowest BCUT2D eigenvalue weighted by molar-refractivity contribution is 0.102. The van der Waals surface area contributed by atoms with Gasteiger partial charge in [0.05, 0.1) is 13.2 Å². The van der Waals surface area contributed by atoms with Crippen LogP contribution in [0.4, 0.5) is 5.69 Å². The van der Waals surface area contributed by atoms with E-state index in [4.69, 9.17) is 4.74 Å². The molecule has 2 aromatic carbocycles. The molecule has 2 N–H and O–H groups in total. The highest BCUT2D eigenvalue weighted by Gasteiger charge is 2.14. The van der Waals surface area contributed by atoms with E-state index in [0.29, 0.717) is 18.8 Å². The van der Waals surface area contributed by atoms with E-state index >= 15 is 0 Å². The highest BCUT2D eigenvalue weighted by atomic mass is 35.5. The molecule has 0 unspecified atom stereocenters. The normalized spacial score (nSPS) is 12.4. The van der Waals surface area contributed by atoms with Gasteiger partial charge in [-0.15, -0.1) is 12.4 Å². The maximum absolute atomic E-state index is 12.4. The first-order chi connectivity index (χ1) is 10.8. The van der Waals surface area contributed by atoms with Crippen LogP contribution >= 0.6 is 12.4 Å². The van der Waals surface area contributed by atoms with Crippen LogP contribution < -0.4 is 10.6 Å². The fraction of sp³-hybridized carbons (Fsp3) is 0.278. The number of ether oxygens (including phenoxy) is 1. The van der Waals surface area contributed by atoms with Gasteiger partial charge in [0.1, 0.15) is 0 Å². The summed E-state index contributed by atoms with van der Waals surface area (Å²) in [4.78, 5) is 12.4. The van der Waals surface area contributed by atoms with E-state index < -0.39 is 0 Å². The maximum Gasteiger partial charge on any atom is 0.255 e. The molecule has 0 atom stereocenters. The molecular weight excluding hydrogens is 312 g/mol. The molecule has 1 aliphatic rings. The van der Waals surface area contributed by atoms with Crippen LogP contribution in [0.15, 0.2) is 42.5 Å². The van der Waals surface area contributed by atoms with Crippen LogP contribution in [0.2, 0.25) is 0 Å². The molecule has 0 radical (unpaired) electrons. The molecule has 0 fully saturated rings. The molecule has 0 bridgehead atoms. The molecule has 23 heavy (non-hydrogen) atoms. The van der Waals surface area contributed by atoms with Gasteiger partial charge in [-0.2, -0.15) is 0 Å². The summed E-state index contributed by atoms with van der Waals surface area (Å²) in [6.07, 6.45) is 0. The third-order valence-corrected chi connectivity index (χ3v) is 3.75. The molecule has 5 heteroatoms. The van der Waals surface area contributed by atoms with E-state index in [1.807, 2.05) is 42.5 Å². The van der Waals surface area contributed by atoms with Crippen LogP contribution in [0.5, 0.6) is 0 Å². The van der Waals surface area contributed by atoms with Crippen LogP contribution in [-0.2, 0) is 24.5 Å². The summed E-state index contributed by atoms with van der Waals surface area (Å²) in [5.74, 6) is -0.0877. The molecule has 0 spiro atoms. The van der Waals surface area contributed by atoms with Gasteiger partial charge >= 0.3 is 0 Å². The Labute approximate surface area is 142 Å². The van der Waals surface area contributed by atoms with Gasteiger partial charge in [-0.3, -0.25) is 4.79 Å². The Bertz CT molecular complexity index is 688. The van der Waals surface area contributed by atoms with E-state index in [2.05, 4.69) is 17.6 Å². The van der Waals surface area contributed by atoms with E-state index in [1.165, 1.54) is 5.56 Å². The summed E-state index contributed by atoms with van der Waals surface area (Å²) in [5, 5.41) is 6.24. The third kappa shape index (κ3) is 4.32. The summed E-state index contributed by atoms with van der Waals surface area (Å²) < 4.78 is 5.38. The molecule has 1 amide bonds. The van der Waals surface area contributed by atoms with E-state index in [-0.39, 0.29) is 18.3 Å². The third-order valence-electron chi connectivity index (χ3n) is 3.75. The average molecular weight is 333 g/mol. The first-order valence-corrected chi connectivity index (χ1v) is 7.57. The number of nitrogens with one attached hydrogen (secondary N) is 2. The molecule has 1 aliphatic heterocycles. The molecule has 122 valence electrons. The van der Waals surface area contributed by atoms with Crippen molar-refractivity contribution in [3.8, 4) is 0 Å². The quantitative estimate of drug-likeness (QED) is 0.881. The molecule has 3 rings (SSSR count). The van der Waals surface area contributed by atoms with Gasteiger partial charge in [0.2, 0.25) is 0 Å². The molecule has 0 aliphatic carbocycles. The smallest absolute Gasteiger partial charge is 0.255 e. The summed E-state index contributed by atoms with van der Waals surface area (Å²) in [6.45, 7) is 5.03. The molecule has 4 nitrogen and oxygen atoms in total. The molecule has 2 aromatic rings. The zero-order valence-electron chi connectivity index (χ0n) is 13.1. The van der Waals surface area contributed by atoms with Gasteiger partial charge in [0.25, 0.3) is 5.91 Å². The fourth-order valence-corrected chi connectivity index (χ4v) is 2.54. The lowest BCUT2D eigenvalue weighted by Gasteiger charge is -2.09. The highest BCUT2D eigenvalue weighted by molar-refractivity contribution is 6.04. The summed E-state index contributed by atoms with van der Waals surface area (Å²) in [7, 11) is 0. The Balaban J connectivity index is 0.00000192. The lowest BCUT2D eigenvalue weighted by atomic mass is 10.1. The Morgan fingerprint density at radius 1 is 1.13 bits per heavy atom. The maximum atomic E-state index is 12.4. The van der Waals surface area contributed by atoms with Crippen molar-refractivity contribution in [2.24, 2.45) is 0 Å². The van der Waals surface area contributed by atoms with Crippen molar-refractivity contribution >= 4 is 24.0 Å². The Hall–Kier alpha value is -1.88. The van der Waals surface area contributed by atoms with Crippen molar-refractivity contribution in [3.05, 3.63) is 64.7 Å². The van der Waals surface area contributed by atoms with E-state index in [0.717, 1.165) is 29.9 Å². The van der Waals surface area contributed by atoms with Crippen LogP contribution in [0.3, 0.4) is 0 Å². The van der Waals surface area contributed by atoms with Crippen LogP contribution in [-0.4, -0.2) is 12.5 Å². The number of carbonyl (C=O) groups is 1. The van der Waals surface area contributed by atoms with E-state index in [1.54, 1.807) is 0 Å². The van der Waals surface area contributed by atoms with Gasteiger partial charge in [-0.25, -0.2) is 0 Å². The number of fused-ring (bicyclic) bond motifs is 1. The standard InChI is InChI=1S/C18H20N2O2.ClH/c1-2-19-10-13-4-3-5-17(8-13)20-18(21)14-6-7-15-11-22-12-16(15)9-14;/h3-9,19H,2,10-12H2,1H3,(H,20,21);1H. The van der Waals surface area contributed by atoms with Crippen molar-refractivity contribution in [1.29, 1.82) is 0 Å². The predicted octanol–water partition coefficient (Wildman–Crippen LogP) is 3.50. The highest BCUT2D eigenvalue weighted by Crippen LogP contribution is 2.21. The van der Waals surface area contributed by atoms with Gasteiger partial charge in [-0.05, 0) is 47.5 Å². The second kappa shape index (κ2) is 8.11. The summed E-state index contributed by atoms with van der Waals surface area (Å²) >= 11 is 0. The number of rotatable bonds is 5. The van der Waals surface area contributed by atoms with Gasteiger partial charge in [0.15, 0.2) is 0 Å². The lowest BCUT2D eigenvalue weighted by Crippen LogP contribution is -2.14. The second-order valence-corrected chi connectivity index (χ2v) is 5.41. The first kappa shape index (κ1) is 17.5. The Morgan fingerprint density at radius 3 is 2.78 bits per heavy atom. The largest absolute Gasteiger partial charge is 0.372 e. The predicted molar refractivity (Wildman–Crippen MR) is 94.0 cm³/mol. The molecule has 0 saturated heterocycles. The van der Waals surface area contributed by atoms with Gasteiger partial charge < -0.3 is 15.4 Å². The monoisotopic (exact) mass is 332 g/mol. The molecular formula is C18H21ClN2O2. The summed E-state index contributed by atoms with van der Waals surface area (Å²) in [6, 6.07) is 13.6. The summed E-state index contributed by atoms with van der Waals surface area (Å²) in [5.41, 5.74) is 4.92. The number of hydrogen-bond donors (Lipinski definition) is 2. The van der Waals surface area contributed by atoms with Crippen molar-refractivity contribution in [2.75, 3.05) is 11.9 Å². The SMILES string of the molecule is CCNCc1cccc(NC(=O)c2ccc3c(c2)COC3)c1.Cl. The topological polar surface area (TPSA) is 50.4 Å². The van der Waals surface area contributed by atoms with Crippen molar-refractivity contribution in [1.82, 2.24) is 5.32 Å². The number of halogens is 1. The van der Waals surface area contributed by atoms with Crippen LogP contribution in [0, 0.1) is 0 Å². The van der Waals surface area contributed by atoms with Crippen molar-refractivity contribution in [2.45, 2.75) is 26.7 Å². The first-order valence-electron chi connectivity index (χ1n) is 7.57. The number of benzene rings is 2. The van der Waals surface area contributed by atoms with Gasteiger partial charge in [0, 0.05) is 17.8 Å². The van der Waals surface area contributed by atoms with Crippen molar-refractivity contribution in [3.63, 3.8) is 0 Å². The average Bonchev–Trinajstić information content (AvgIpc) is 3.00. The Kier molecular flexibility index (Phi) is 6.16. The minimum atomic E-state index is -0.0877. The molecule has 0 aromatic heterocycles. The van der Waals surface area contributed by atoms with Gasteiger partial charge in [-0.1, -0.05) is 25.1 Å². The number of hydrogen-bond acceptors (Lipinski definition) is 3. The molecule has 0 saturated carbocycles.